The van der Waals surface area contributed by atoms with Gasteiger partial charge in [-0.3, -0.25) is 13.8 Å². The zero-order chi connectivity index (χ0) is 18.1. The number of benzene rings is 1. The van der Waals surface area contributed by atoms with Gasteiger partial charge in [-0.25, -0.2) is 8.60 Å². The first-order valence-corrected chi connectivity index (χ1v) is 9.42. The van der Waals surface area contributed by atoms with E-state index in [2.05, 4.69) is 23.9 Å². The van der Waals surface area contributed by atoms with E-state index in [-0.39, 0.29) is 24.0 Å². The van der Waals surface area contributed by atoms with E-state index in [1.165, 1.54) is 12.1 Å². The van der Waals surface area contributed by atoms with E-state index in [1.807, 2.05) is 6.08 Å². The highest BCUT2D eigenvalue weighted by Crippen LogP contribution is 2.37. The Bertz CT molecular complexity index is 751. The molecule has 0 spiro atoms. The summed E-state index contributed by atoms with van der Waals surface area (Å²) < 4.78 is 30.2. The number of halogens is 1. The largest absolute Gasteiger partial charge is 0.506 e. The molecule has 0 aliphatic carbocycles. The predicted octanol–water partition coefficient (Wildman–Crippen LogP) is 1.84. The summed E-state index contributed by atoms with van der Waals surface area (Å²) in [5, 5.41) is 13.4. The van der Waals surface area contributed by atoms with Crippen LogP contribution in [-0.4, -0.2) is 34.4 Å². The fraction of sp³-hybridized carbons (Fsp3) is 0.471. The SMILES string of the molecule is CC(C)CC[C@H]1C=C(c2ccc(O)c(N3CC(=O)NS3=O)c2F)CN1. The van der Waals surface area contributed by atoms with Gasteiger partial charge in [-0.2, -0.15) is 0 Å². The third-order valence-corrected chi connectivity index (χ3v) is 5.51. The zero-order valence-corrected chi connectivity index (χ0v) is 15.0. The summed E-state index contributed by atoms with van der Waals surface area (Å²) in [5.74, 6) is -0.874. The van der Waals surface area contributed by atoms with Gasteiger partial charge in [-0.05, 0) is 36.5 Å². The number of rotatable bonds is 5. The molecule has 0 radical (unpaired) electrons. The van der Waals surface area contributed by atoms with Crippen molar-refractivity contribution >= 4 is 28.3 Å². The lowest BCUT2D eigenvalue weighted by Crippen LogP contribution is -2.24. The minimum Gasteiger partial charge on any atom is -0.506 e. The van der Waals surface area contributed by atoms with Gasteiger partial charge in [0.15, 0.2) is 5.82 Å². The summed E-state index contributed by atoms with van der Waals surface area (Å²) in [7, 11) is 0. The van der Waals surface area contributed by atoms with Crippen LogP contribution in [0.15, 0.2) is 18.2 Å². The van der Waals surface area contributed by atoms with Crippen molar-refractivity contribution in [3.63, 3.8) is 0 Å². The first kappa shape index (κ1) is 17.9. The highest BCUT2D eigenvalue weighted by molar-refractivity contribution is 7.85. The second kappa shape index (κ2) is 7.13. The number of amides is 1. The second-order valence-corrected chi connectivity index (χ2v) is 7.90. The van der Waals surface area contributed by atoms with Gasteiger partial charge in [-0.15, -0.1) is 0 Å². The lowest BCUT2D eigenvalue weighted by Gasteiger charge is -2.18. The summed E-state index contributed by atoms with van der Waals surface area (Å²) in [6.45, 7) is 4.60. The van der Waals surface area contributed by atoms with Crippen LogP contribution in [-0.2, 0) is 16.0 Å². The molecule has 1 amide bonds. The molecule has 3 rings (SSSR count). The number of aromatic hydroxyl groups is 1. The van der Waals surface area contributed by atoms with Gasteiger partial charge in [0.25, 0.3) is 5.91 Å². The van der Waals surface area contributed by atoms with Crippen molar-refractivity contribution in [2.75, 3.05) is 17.4 Å². The first-order chi connectivity index (χ1) is 11.9. The van der Waals surface area contributed by atoms with Gasteiger partial charge in [0.05, 0.1) is 0 Å². The number of nitrogens with one attached hydrogen (secondary N) is 2. The maximum absolute atomic E-state index is 15.0. The fourth-order valence-electron chi connectivity index (χ4n) is 3.06. The van der Waals surface area contributed by atoms with Crippen LogP contribution in [0, 0.1) is 11.7 Å². The Morgan fingerprint density at radius 3 is 2.84 bits per heavy atom. The standard InChI is InChI=1S/C17H22FN3O3S/c1-10(2)3-4-12-7-11(8-19-12)13-5-6-14(22)17(16(13)18)21-9-15(23)20-25(21)24/h5-7,10,12,19,22H,3-4,8-9H2,1-2H3,(H,20,23)/t12-,25?/m0/s1. The number of carbonyl (C=O) groups is 1. The summed E-state index contributed by atoms with van der Waals surface area (Å²) in [4.78, 5) is 11.4. The van der Waals surface area contributed by atoms with Crippen LogP contribution < -0.4 is 14.3 Å². The first-order valence-electron chi connectivity index (χ1n) is 8.31. The van der Waals surface area contributed by atoms with E-state index < -0.39 is 22.9 Å². The Balaban J connectivity index is 1.89. The summed E-state index contributed by atoms with van der Waals surface area (Å²) in [6.07, 6.45) is 4.06. The number of nitrogens with zero attached hydrogens (tertiary/aromatic N) is 1. The van der Waals surface area contributed by atoms with Crippen molar-refractivity contribution in [3.05, 3.63) is 29.6 Å². The molecule has 0 bridgehead atoms. The predicted molar refractivity (Wildman–Crippen MR) is 95.5 cm³/mol. The van der Waals surface area contributed by atoms with E-state index in [1.54, 1.807) is 0 Å². The van der Waals surface area contributed by atoms with Gasteiger partial charge in [0, 0.05) is 18.2 Å². The second-order valence-electron chi connectivity index (χ2n) is 6.76. The van der Waals surface area contributed by atoms with Crippen LogP contribution in [0.25, 0.3) is 5.57 Å². The molecule has 2 atom stereocenters. The van der Waals surface area contributed by atoms with Crippen molar-refractivity contribution in [2.45, 2.75) is 32.7 Å². The summed E-state index contributed by atoms with van der Waals surface area (Å²) >= 11 is -1.89. The molecule has 1 fully saturated rings. The Kier molecular flexibility index (Phi) is 5.10. The number of anilines is 1. The lowest BCUT2D eigenvalue weighted by molar-refractivity contribution is -0.117. The molecule has 0 saturated carbocycles. The number of hydrogen-bond donors (Lipinski definition) is 3. The topological polar surface area (TPSA) is 81.7 Å². The monoisotopic (exact) mass is 367 g/mol. The Hall–Kier alpha value is -1.93. The molecule has 136 valence electrons. The van der Waals surface area contributed by atoms with Gasteiger partial charge >= 0.3 is 0 Å². The van der Waals surface area contributed by atoms with Gasteiger partial charge in [0.1, 0.15) is 18.0 Å². The number of phenolic OH excluding ortho intramolecular Hbond substituents is 1. The quantitative estimate of drug-likeness (QED) is 0.742. The van der Waals surface area contributed by atoms with Gasteiger partial charge in [0.2, 0.25) is 11.2 Å². The normalized spacial score (nSPS) is 23.3. The minimum absolute atomic E-state index is 0.193. The average Bonchev–Trinajstić information content (AvgIpc) is 3.12. The van der Waals surface area contributed by atoms with Crippen LogP contribution in [0.5, 0.6) is 5.75 Å². The van der Waals surface area contributed by atoms with Crippen LogP contribution in [0.3, 0.4) is 0 Å². The molecular formula is C17H22FN3O3S. The van der Waals surface area contributed by atoms with E-state index in [9.17, 15) is 14.1 Å². The molecule has 1 unspecified atom stereocenters. The van der Waals surface area contributed by atoms with Gasteiger partial charge < -0.3 is 10.4 Å². The summed E-state index contributed by atoms with van der Waals surface area (Å²) in [5.41, 5.74) is 0.946. The van der Waals surface area contributed by atoms with E-state index in [0.29, 0.717) is 18.0 Å². The molecule has 6 nitrogen and oxygen atoms in total. The third-order valence-electron chi connectivity index (χ3n) is 4.39. The molecule has 0 aromatic heterocycles. The van der Waals surface area contributed by atoms with E-state index in [0.717, 1.165) is 22.7 Å². The van der Waals surface area contributed by atoms with Crippen LogP contribution in [0.2, 0.25) is 0 Å². The van der Waals surface area contributed by atoms with Crippen molar-refractivity contribution in [2.24, 2.45) is 5.92 Å². The Morgan fingerprint density at radius 1 is 1.44 bits per heavy atom. The lowest BCUT2D eigenvalue weighted by atomic mass is 10.0. The van der Waals surface area contributed by atoms with Crippen molar-refractivity contribution in [3.8, 4) is 5.75 Å². The molecule has 3 N–H and O–H groups in total. The molecule has 1 saturated heterocycles. The zero-order valence-electron chi connectivity index (χ0n) is 14.2. The maximum atomic E-state index is 15.0. The fourth-order valence-corrected chi connectivity index (χ4v) is 4.00. The Morgan fingerprint density at radius 2 is 2.20 bits per heavy atom. The van der Waals surface area contributed by atoms with Crippen molar-refractivity contribution < 1.29 is 18.5 Å². The molecule has 2 heterocycles. The van der Waals surface area contributed by atoms with Crippen molar-refractivity contribution in [1.82, 2.24) is 10.0 Å². The van der Waals surface area contributed by atoms with E-state index >= 15 is 4.39 Å². The average molecular weight is 367 g/mol. The van der Waals surface area contributed by atoms with Crippen LogP contribution in [0.4, 0.5) is 10.1 Å². The third kappa shape index (κ3) is 3.69. The maximum Gasteiger partial charge on any atom is 0.253 e. The molecule has 2 aliphatic rings. The molecule has 25 heavy (non-hydrogen) atoms. The smallest absolute Gasteiger partial charge is 0.253 e. The van der Waals surface area contributed by atoms with E-state index in [4.69, 9.17) is 0 Å². The number of hydrogen-bond acceptors (Lipinski definition) is 4. The minimum atomic E-state index is -1.89. The molecular weight excluding hydrogens is 345 g/mol. The van der Waals surface area contributed by atoms with Crippen molar-refractivity contribution in [1.29, 1.82) is 0 Å². The number of phenols is 1. The van der Waals surface area contributed by atoms with Gasteiger partial charge in [-0.1, -0.05) is 19.9 Å². The highest BCUT2D eigenvalue weighted by Gasteiger charge is 2.33. The molecule has 8 heteroatoms. The summed E-state index contributed by atoms with van der Waals surface area (Å²) in [6, 6.07) is 3.08. The highest BCUT2D eigenvalue weighted by atomic mass is 32.2. The Labute approximate surface area is 148 Å². The van der Waals surface area contributed by atoms with Crippen LogP contribution in [0.1, 0.15) is 32.3 Å². The molecule has 2 aliphatic heterocycles. The molecule has 1 aromatic rings. The van der Waals surface area contributed by atoms with Crippen LogP contribution >= 0.6 is 0 Å². The number of carbonyl (C=O) groups excluding carboxylic acids is 1. The molecule has 1 aromatic carbocycles.